The van der Waals surface area contributed by atoms with Gasteiger partial charge >= 0.3 is 0 Å². The number of piperazine rings is 1. The van der Waals surface area contributed by atoms with Crippen LogP contribution in [-0.4, -0.2) is 66.7 Å². The Kier molecular flexibility index (Phi) is 7.59. The van der Waals surface area contributed by atoms with Crippen molar-refractivity contribution >= 4 is 21.7 Å². The van der Waals surface area contributed by atoms with Crippen LogP contribution < -0.4 is 11.7 Å². The van der Waals surface area contributed by atoms with Gasteiger partial charge in [0, 0.05) is 31.8 Å². The van der Waals surface area contributed by atoms with E-state index >= 15 is 0 Å². The largest absolute Gasteiger partial charge is 0.384 e. The minimum absolute atomic E-state index is 0.0214. The highest BCUT2D eigenvalue weighted by molar-refractivity contribution is 7.89. The lowest BCUT2D eigenvalue weighted by atomic mass is 9.94. The van der Waals surface area contributed by atoms with Gasteiger partial charge in [0.1, 0.15) is 6.10 Å². The maximum atomic E-state index is 12.6. The van der Waals surface area contributed by atoms with Crippen molar-refractivity contribution in [3.63, 3.8) is 0 Å². The van der Waals surface area contributed by atoms with E-state index in [1.54, 1.807) is 30.4 Å². The van der Waals surface area contributed by atoms with Gasteiger partial charge in [0.2, 0.25) is 15.8 Å². The Morgan fingerprint density at radius 1 is 1.07 bits per heavy atom. The number of hydrazine groups is 1. The zero-order valence-corrected chi connectivity index (χ0v) is 16.6. The Hall–Kier alpha value is -2.63. The van der Waals surface area contributed by atoms with Crippen LogP contribution in [0.25, 0.3) is 0 Å². The summed E-state index contributed by atoms with van der Waals surface area (Å²) in [5, 5.41) is 10.0. The summed E-state index contributed by atoms with van der Waals surface area (Å²) >= 11 is 0. The SMILES string of the molecule is C=C1C=CC=C(C(=O)C(=O)N2CCN(S(=O)(=O)c3ccccc3)CC2)C1O.NN. The van der Waals surface area contributed by atoms with Gasteiger partial charge in [-0.25, -0.2) is 8.42 Å². The Morgan fingerprint density at radius 2 is 1.66 bits per heavy atom. The fourth-order valence-electron chi connectivity index (χ4n) is 3.00. The van der Waals surface area contributed by atoms with Gasteiger partial charge < -0.3 is 10.0 Å². The first-order valence-corrected chi connectivity index (χ1v) is 10.2. The van der Waals surface area contributed by atoms with Crippen molar-refractivity contribution in [3.05, 3.63) is 66.3 Å². The number of hydrogen-bond acceptors (Lipinski definition) is 7. The van der Waals surface area contributed by atoms with Crippen LogP contribution in [0.4, 0.5) is 0 Å². The van der Waals surface area contributed by atoms with E-state index in [9.17, 15) is 23.1 Å². The number of benzene rings is 1. The lowest BCUT2D eigenvalue weighted by molar-refractivity contribution is -0.144. The second-order valence-corrected chi connectivity index (χ2v) is 8.23. The minimum atomic E-state index is -3.63. The molecule has 1 aromatic rings. The van der Waals surface area contributed by atoms with Gasteiger partial charge in [-0.15, -0.1) is 0 Å². The number of aliphatic hydroxyl groups excluding tert-OH is 1. The number of allylic oxidation sites excluding steroid dienone is 2. The predicted molar refractivity (Wildman–Crippen MR) is 108 cm³/mol. The number of ketones is 1. The van der Waals surface area contributed by atoms with E-state index in [0.29, 0.717) is 5.57 Å². The van der Waals surface area contributed by atoms with Gasteiger partial charge in [0.15, 0.2) is 0 Å². The highest BCUT2D eigenvalue weighted by Gasteiger charge is 2.34. The molecule has 10 heteroatoms. The lowest BCUT2D eigenvalue weighted by Crippen LogP contribution is -2.52. The molecule has 9 nitrogen and oxygen atoms in total. The monoisotopic (exact) mass is 420 g/mol. The third kappa shape index (κ3) is 4.86. The van der Waals surface area contributed by atoms with E-state index in [0.717, 1.165) is 0 Å². The van der Waals surface area contributed by atoms with E-state index < -0.39 is 27.8 Å². The van der Waals surface area contributed by atoms with Gasteiger partial charge in [0.25, 0.3) is 5.91 Å². The maximum Gasteiger partial charge on any atom is 0.294 e. The Labute approximate surface area is 169 Å². The van der Waals surface area contributed by atoms with E-state index in [4.69, 9.17) is 0 Å². The first-order valence-electron chi connectivity index (χ1n) is 8.79. The molecule has 1 fully saturated rings. The summed E-state index contributed by atoms with van der Waals surface area (Å²) in [6, 6.07) is 8.08. The summed E-state index contributed by atoms with van der Waals surface area (Å²) < 4.78 is 26.5. The van der Waals surface area contributed by atoms with Crippen molar-refractivity contribution in [1.29, 1.82) is 0 Å². The highest BCUT2D eigenvalue weighted by Crippen LogP contribution is 2.21. The molecule has 0 spiro atoms. The number of carbonyl (C=O) groups excluding carboxylic acids is 2. The van der Waals surface area contributed by atoms with E-state index in [-0.39, 0.29) is 36.6 Å². The Balaban J connectivity index is 0.00000145. The van der Waals surface area contributed by atoms with Crippen molar-refractivity contribution in [2.45, 2.75) is 11.0 Å². The highest BCUT2D eigenvalue weighted by atomic mass is 32.2. The van der Waals surface area contributed by atoms with Crippen LogP contribution in [0.15, 0.2) is 71.2 Å². The number of Topliss-reactive ketones (excluding diaryl/α,β-unsaturated/α-hetero) is 1. The molecule has 1 atom stereocenters. The molecule has 1 unspecified atom stereocenters. The summed E-state index contributed by atoms with van der Waals surface area (Å²) in [5.41, 5.74) is 0.319. The Morgan fingerprint density at radius 3 is 2.24 bits per heavy atom. The number of carbonyl (C=O) groups is 2. The number of sulfonamides is 1. The van der Waals surface area contributed by atoms with Gasteiger partial charge in [0.05, 0.1) is 4.90 Å². The number of aliphatic hydroxyl groups is 1. The van der Waals surface area contributed by atoms with Crippen molar-refractivity contribution in [3.8, 4) is 0 Å². The fraction of sp³-hybridized carbons (Fsp3) is 0.263. The average molecular weight is 420 g/mol. The quantitative estimate of drug-likeness (QED) is 0.332. The fourth-order valence-corrected chi connectivity index (χ4v) is 4.44. The first kappa shape index (κ1) is 22.7. The molecular weight excluding hydrogens is 396 g/mol. The average Bonchev–Trinajstić information content (AvgIpc) is 2.77. The van der Waals surface area contributed by atoms with Crippen LogP contribution in [-0.2, 0) is 19.6 Å². The van der Waals surface area contributed by atoms with E-state index in [2.05, 4.69) is 18.3 Å². The molecule has 0 aromatic heterocycles. The third-order valence-corrected chi connectivity index (χ3v) is 6.51. The number of rotatable bonds is 4. The molecule has 29 heavy (non-hydrogen) atoms. The van der Waals surface area contributed by atoms with Crippen molar-refractivity contribution < 1.29 is 23.1 Å². The van der Waals surface area contributed by atoms with Crippen LogP contribution in [0.5, 0.6) is 0 Å². The van der Waals surface area contributed by atoms with E-state index in [1.807, 2.05) is 0 Å². The molecular formula is C19H24N4O5S. The molecule has 156 valence electrons. The predicted octanol–water partition coefficient (Wildman–Crippen LogP) is -0.679. The molecule has 1 heterocycles. The second kappa shape index (κ2) is 9.72. The molecule has 5 N–H and O–H groups in total. The Bertz CT molecular complexity index is 933. The zero-order valence-electron chi connectivity index (χ0n) is 15.8. The number of nitrogens with two attached hydrogens (primary N) is 2. The van der Waals surface area contributed by atoms with Crippen molar-refractivity contribution in [2.75, 3.05) is 26.2 Å². The first-order chi connectivity index (χ1) is 13.8. The molecule has 2 aliphatic rings. The molecule has 0 saturated carbocycles. The van der Waals surface area contributed by atoms with Crippen LogP contribution >= 0.6 is 0 Å². The summed E-state index contributed by atoms with van der Waals surface area (Å²) in [7, 11) is -3.63. The van der Waals surface area contributed by atoms with Gasteiger partial charge in [-0.3, -0.25) is 21.3 Å². The molecule has 1 aromatic carbocycles. The standard InChI is InChI=1S/C19H20N2O5S.H4N2/c1-14-6-5-9-16(17(14)22)18(23)19(24)20-10-12-21(13-11-20)27(25,26)15-7-3-2-4-8-15;1-2/h2-9,17,22H,1,10-13H2;1-2H2. The molecule has 0 radical (unpaired) electrons. The van der Waals surface area contributed by atoms with Crippen LogP contribution in [0.3, 0.4) is 0 Å². The van der Waals surface area contributed by atoms with Crippen molar-refractivity contribution in [1.82, 2.24) is 9.21 Å². The minimum Gasteiger partial charge on any atom is -0.384 e. The zero-order chi connectivity index (χ0) is 21.6. The smallest absolute Gasteiger partial charge is 0.294 e. The van der Waals surface area contributed by atoms with Crippen LogP contribution in [0.2, 0.25) is 0 Å². The topological polar surface area (TPSA) is 147 Å². The second-order valence-electron chi connectivity index (χ2n) is 6.30. The van der Waals surface area contributed by atoms with Crippen LogP contribution in [0, 0.1) is 0 Å². The number of nitrogens with zero attached hydrogens (tertiary/aromatic N) is 2. The van der Waals surface area contributed by atoms with E-state index in [1.165, 1.54) is 27.4 Å². The van der Waals surface area contributed by atoms with Gasteiger partial charge in [-0.2, -0.15) is 4.31 Å². The van der Waals surface area contributed by atoms with Crippen LogP contribution in [0.1, 0.15) is 0 Å². The van der Waals surface area contributed by atoms with Gasteiger partial charge in [-0.05, 0) is 17.7 Å². The summed E-state index contributed by atoms with van der Waals surface area (Å²) in [4.78, 5) is 26.4. The molecule has 1 aliphatic carbocycles. The summed E-state index contributed by atoms with van der Waals surface area (Å²) in [6.45, 7) is 4.06. The van der Waals surface area contributed by atoms with Crippen molar-refractivity contribution in [2.24, 2.45) is 11.7 Å². The normalized spacial score (nSPS) is 19.8. The van der Waals surface area contributed by atoms with Gasteiger partial charge in [-0.1, -0.05) is 43.0 Å². The summed E-state index contributed by atoms with van der Waals surface area (Å²) in [5.74, 6) is 6.45. The molecule has 0 bridgehead atoms. The molecule has 1 saturated heterocycles. The molecule has 1 aliphatic heterocycles. The molecule has 3 rings (SSSR count). The summed E-state index contributed by atoms with van der Waals surface area (Å²) in [6.07, 6.45) is 3.32. The molecule has 1 amide bonds. The third-order valence-electron chi connectivity index (χ3n) is 4.60. The number of amides is 1. The number of hydrogen-bond donors (Lipinski definition) is 3. The maximum absolute atomic E-state index is 12.6. The lowest BCUT2D eigenvalue weighted by Gasteiger charge is -2.34.